The Hall–Kier alpha value is -0.960. The van der Waals surface area contributed by atoms with E-state index >= 15 is 0 Å². The zero-order valence-corrected chi connectivity index (χ0v) is 6.37. The number of carbonyl (C=O) groups excluding carboxylic acids is 2. The van der Waals surface area contributed by atoms with E-state index in [1.54, 1.807) is 6.92 Å². The molecule has 0 aliphatic heterocycles. The summed E-state index contributed by atoms with van der Waals surface area (Å²) in [5, 5.41) is 0. The SMILES string of the molecule is CCOC1CC(=O)C=CC1=O. The summed E-state index contributed by atoms with van der Waals surface area (Å²) in [7, 11) is 0. The van der Waals surface area contributed by atoms with Crippen molar-refractivity contribution in [1.29, 1.82) is 0 Å². The third-order valence-corrected chi connectivity index (χ3v) is 1.51. The first-order valence-corrected chi connectivity index (χ1v) is 3.60. The summed E-state index contributed by atoms with van der Waals surface area (Å²) in [6, 6.07) is 0. The van der Waals surface area contributed by atoms with Gasteiger partial charge in [-0.2, -0.15) is 0 Å². The molecule has 0 aromatic carbocycles. The molecule has 1 atom stereocenters. The number of ether oxygens (including phenoxy) is 1. The number of rotatable bonds is 2. The van der Waals surface area contributed by atoms with Crippen molar-refractivity contribution in [2.45, 2.75) is 19.4 Å². The second kappa shape index (κ2) is 3.44. The molecule has 0 saturated heterocycles. The van der Waals surface area contributed by atoms with E-state index in [-0.39, 0.29) is 18.0 Å². The van der Waals surface area contributed by atoms with Gasteiger partial charge in [-0.15, -0.1) is 0 Å². The smallest absolute Gasteiger partial charge is 0.184 e. The minimum atomic E-state index is -0.530. The van der Waals surface area contributed by atoms with Crippen LogP contribution in [-0.4, -0.2) is 24.3 Å². The second-order valence-electron chi connectivity index (χ2n) is 2.35. The minimum absolute atomic E-state index is 0.0388. The largest absolute Gasteiger partial charge is 0.370 e. The number of hydrogen-bond donors (Lipinski definition) is 0. The van der Waals surface area contributed by atoms with Crippen LogP contribution in [0.2, 0.25) is 0 Å². The van der Waals surface area contributed by atoms with Crippen molar-refractivity contribution in [3.63, 3.8) is 0 Å². The molecule has 0 radical (unpaired) electrons. The Morgan fingerprint density at radius 2 is 2.27 bits per heavy atom. The van der Waals surface area contributed by atoms with Crippen LogP contribution in [0, 0.1) is 0 Å². The fourth-order valence-corrected chi connectivity index (χ4v) is 0.976. The molecule has 0 bridgehead atoms. The molecule has 0 heterocycles. The maximum atomic E-state index is 11.0. The van der Waals surface area contributed by atoms with Gasteiger partial charge in [-0.1, -0.05) is 0 Å². The van der Waals surface area contributed by atoms with Gasteiger partial charge in [0.2, 0.25) is 0 Å². The lowest BCUT2D eigenvalue weighted by atomic mass is 10.0. The molecule has 0 spiro atoms. The molecule has 1 rings (SSSR count). The molecule has 3 heteroatoms. The lowest BCUT2D eigenvalue weighted by Crippen LogP contribution is -2.28. The van der Waals surface area contributed by atoms with E-state index in [0.717, 1.165) is 0 Å². The lowest BCUT2D eigenvalue weighted by molar-refractivity contribution is -0.131. The Bertz CT molecular complexity index is 205. The molecule has 0 fully saturated rings. The van der Waals surface area contributed by atoms with Crippen LogP contribution in [-0.2, 0) is 14.3 Å². The maximum Gasteiger partial charge on any atom is 0.184 e. The Morgan fingerprint density at radius 3 is 2.91 bits per heavy atom. The van der Waals surface area contributed by atoms with Crippen LogP contribution >= 0.6 is 0 Å². The van der Waals surface area contributed by atoms with E-state index < -0.39 is 6.10 Å². The van der Waals surface area contributed by atoms with Crippen molar-refractivity contribution in [2.75, 3.05) is 6.61 Å². The van der Waals surface area contributed by atoms with Gasteiger partial charge in [0.1, 0.15) is 6.10 Å². The van der Waals surface area contributed by atoms with Crippen LogP contribution in [0.25, 0.3) is 0 Å². The number of carbonyl (C=O) groups is 2. The van der Waals surface area contributed by atoms with E-state index in [1.807, 2.05) is 0 Å². The van der Waals surface area contributed by atoms with Gasteiger partial charge in [0.05, 0.1) is 0 Å². The summed E-state index contributed by atoms with van der Waals surface area (Å²) in [6.07, 6.45) is 2.25. The highest BCUT2D eigenvalue weighted by molar-refractivity contribution is 6.07. The van der Waals surface area contributed by atoms with Crippen LogP contribution in [0.3, 0.4) is 0 Å². The van der Waals surface area contributed by atoms with E-state index in [0.29, 0.717) is 6.61 Å². The predicted molar refractivity (Wildman–Crippen MR) is 39.2 cm³/mol. The van der Waals surface area contributed by atoms with E-state index in [4.69, 9.17) is 4.74 Å². The van der Waals surface area contributed by atoms with Crippen molar-refractivity contribution in [1.82, 2.24) is 0 Å². The van der Waals surface area contributed by atoms with E-state index in [9.17, 15) is 9.59 Å². The molecule has 0 N–H and O–H groups in total. The highest BCUT2D eigenvalue weighted by Gasteiger charge is 2.22. The number of ketones is 2. The van der Waals surface area contributed by atoms with Crippen molar-refractivity contribution in [3.05, 3.63) is 12.2 Å². The van der Waals surface area contributed by atoms with Crippen molar-refractivity contribution >= 4 is 11.6 Å². The van der Waals surface area contributed by atoms with Gasteiger partial charge in [-0.3, -0.25) is 9.59 Å². The number of hydrogen-bond acceptors (Lipinski definition) is 3. The highest BCUT2D eigenvalue weighted by Crippen LogP contribution is 2.08. The first-order valence-electron chi connectivity index (χ1n) is 3.60. The van der Waals surface area contributed by atoms with Crippen molar-refractivity contribution in [2.24, 2.45) is 0 Å². The topological polar surface area (TPSA) is 43.4 Å². The summed E-state index contributed by atoms with van der Waals surface area (Å²) >= 11 is 0. The third-order valence-electron chi connectivity index (χ3n) is 1.51. The van der Waals surface area contributed by atoms with Gasteiger partial charge in [0.15, 0.2) is 11.6 Å². The van der Waals surface area contributed by atoms with Gasteiger partial charge in [-0.05, 0) is 19.1 Å². The lowest BCUT2D eigenvalue weighted by Gasteiger charge is -2.14. The molecule has 3 nitrogen and oxygen atoms in total. The Morgan fingerprint density at radius 1 is 1.55 bits per heavy atom. The monoisotopic (exact) mass is 154 g/mol. The molecule has 0 aromatic heterocycles. The average Bonchev–Trinajstić information content (AvgIpc) is 1.98. The van der Waals surface area contributed by atoms with Gasteiger partial charge in [0.25, 0.3) is 0 Å². The van der Waals surface area contributed by atoms with Gasteiger partial charge < -0.3 is 4.74 Å². The molecule has 0 saturated carbocycles. The van der Waals surface area contributed by atoms with Crippen LogP contribution in [0.4, 0.5) is 0 Å². The Balaban J connectivity index is 2.60. The minimum Gasteiger partial charge on any atom is -0.370 e. The van der Waals surface area contributed by atoms with Crippen molar-refractivity contribution < 1.29 is 14.3 Å². The normalized spacial score (nSPS) is 24.3. The third kappa shape index (κ3) is 1.98. The summed E-state index contributed by atoms with van der Waals surface area (Å²) in [4.78, 5) is 21.7. The molecule has 1 aliphatic rings. The first kappa shape index (κ1) is 8.14. The summed E-state index contributed by atoms with van der Waals surface area (Å²) in [5.74, 6) is -0.144. The van der Waals surface area contributed by atoms with E-state index in [1.165, 1.54) is 12.2 Å². The van der Waals surface area contributed by atoms with Gasteiger partial charge in [-0.25, -0.2) is 0 Å². The second-order valence-corrected chi connectivity index (χ2v) is 2.35. The van der Waals surface area contributed by atoms with Crippen molar-refractivity contribution in [3.8, 4) is 0 Å². The fourth-order valence-electron chi connectivity index (χ4n) is 0.976. The maximum absolute atomic E-state index is 11.0. The zero-order chi connectivity index (χ0) is 8.27. The zero-order valence-electron chi connectivity index (χ0n) is 6.37. The molecule has 11 heavy (non-hydrogen) atoms. The van der Waals surface area contributed by atoms with Crippen LogP contribution < -0.4 is 0 Å². The summed E-state index contributed by atoms with van der Waals surface area (Å²) in [5.41, 5.74) is 0. The fraction of sp³-hybridized carbons (Fsp3) is 0.500. The Labute approximate surface area is 65.0 Å². The molecule has 1 unspecified atom stereocenters. The predicted octanol–water partition coefficient (Wildman–Crippen LogP) is 0.490. The molecule has 1 aliphatic carbocycles. The molecular formula is C8H10O3. The first-order chi connectivity index (χ1) is 5.24. The average molecular weight is 154 g/mol. The molecule has 0 aromatic rings. The van der Waals surface area contributed by atoms with Gasteiger partial charge in [0, 0.05) is 13.0 Å². The summed E-state index contributed by atoms with van der Waals surface area (Å²) in [6.45, 7) is 2.27. The quantitative estimate of drug-likeness (QED) is 0.581. The molecule has 60 valence electrons. The van der Waals surface area contributed by atoms with E-state index in [2.05, 4.69) is 0 Å². The highest BCUT2D eigenvalue weighted by atomic mass is 16.5. The number of allylic oxidation sites excluding steroid dienone is 1. The molecule has 0 amide bonds. The van der Waals surface area contributed by atoms with Crippen LogP contribution in [0.15, 0.2) is 12.2 Å². The van der Waals surface area contributed by atoms with Crippen LogP contribution in [0.1, 0.15) is 13.3 Å². The van der Waals surface area contributed by atoms with Crippen LogP contribution in [0.5, 0.6) is 0 Å². The van der Waals surface area contributed by atoms with Gasteiger partial charge >= 0.3 is 0 Å². The molecular weight excluding hydrogens is 144 g/mol. The Kier molecular flexibility index (Phi) is 2.54. The summed E-state index contributed by atoms with van der Waals surface area (Å²) < 4.78 is 5.04. The standard InChI is InChI=1S/C8H10O3/c1-2-11-8-5-6(9)3-4-7(8)10/h3-4,8H,2,5H2,1H3.